The number of hydrogen-bond acceptors (Lipinski definition) is 2. The third-order valence-corrected chi connectivity index (χ3v) is 4.79. The molecular formula is C15H27ClO3. The average molecular weight is 291 g/mol. The van der Waals surface area contributed by atoms with Crippen molar-refractivity contribution in [3.05, 3.63) is 0 Å². The Kier molecular flexibility index (Phi) is 7.16. The SMILES string of the molecule is CC(C)[C@H](C[C@H](O)[C@H](Cl)CC1CCCCC1)C(=O)O. The molecule has 0 radical (unpaired) electrons. The number of hydrogen-bond donors (Lipinski definition) is 2. The van der Waals surface area contributed by atoms with Crippen LogP contribution in [-0.4, -0.2) is 27.7 Å². The van der Waals surface area contributed by atoms with Crippen molar-refractivity contribution in [2.75, 3.05) is 0 Å². The van der Waals surface area contributed by atoms with Gasteiger partial charge in [-0.1, -0.05) is 46.0 Å². The summed E-state index contributed by atoms with van der Waals surface area (Å²) >= 11 is 6.28. The highest BCUT2D eigenvalue weighted by Crippen LogP contribution is 2.31. The molecule has 3 nitrogen and oxygen atoms in total. The first-order valence-electron chi connectivity index (χ1n) is 7.46. The monoisotopic (exact) mass is 290 g/mol. The molecule has 2 N–H and O–H groups in total. The zero-order valence-electron chi connectivity index (χ0n) is 12.0. The molecule has 3 atom stereocenters. The number of aliphatic hydroxyl groups is 1. The molecule has 1 aliphatic rings. The van der Waals surface area contributed by atoms with E-state index in [0.717, 1.165) is 6.42 Å². The molecule has 0 aromatic heterocycles. The van der Waals surface area contributed by atoms with Crippen LogP contribution in [0.1, 0.15) is 58.8 Å². The van der Waals surface area contributed by atoms with Crippen molar-refractivity contribution in [3.8, 4) is 0 Å². The molecule has 0 unspecified atom stereocenters. The third-order valence-electron chi connectivity index (χ3n) is 4.32. The van der Waals surface area contributed by atoms with Gasteiger partial charge in [-0.3, -0.25) is 4.79 Å². The zero-order chi connectivity index (χ0) is 14.4. The maximum atomic E-state index is 11.1. The van der Waals surface area contributed by atoms with Crippen LogP contribution in [0, 0.1) is 17.8 Å². The topological polar surface area (TPSA) is 57.5 Å². The Bertz CT molecular complexity index is 275. The van der Waals surface area contributed by atoms with Crippen LogP contribution in [0.15, 0.2) is 0 Å². The van der Waals surface area contributed by atoms with Gasteiger partial charge in [0.05, 0.1) is 17.4 Å². The number of alkyl halides is 1. The van der Waals surface area contributed by atoms with Gasteiger partial charge in [0.15, 0.2) is 0 Å². The van der Waals surface area contributed by atoms with Gasteiger partial charge in [0.25, 0.3) is 0 Å². The summed E-state index contributed by atoms with van der Waals surface area (Å²) in [5.74, 6) is -0.725. The van der Waals surface area contributed by atoms with E-state index in [2.05, 4.69) is 0 Å². The molecule has 0 bridgehead atoms. The smallest absolute Gasteiger partial charge is 0.306 e. The van der Waals surface area contributed by atoms with Gasteiger partial charge in [-0.05, 0) is 24.7 Å². The summed E-state index contributed by atoms with van der Waals surface area (Å²) in [6.07, 6.45) is 6.57. The molecule has 0 aromatic rings. The number of rotatable bonds is 7. The fourth-order valence-corrected chi connectivity index (χ4v) is 3.32. The second-order valence-electron chi connectivity index (χ2n) is 6.25. The van der Waals surface area contributed by atoms with Gasteiger partial charge < -0.3 is 10.2 Å². The van der Waals surface area contributed by atoms with Crippen LogP contribution >= 0.6 is 11.6 Å². The lowest BCUT2D eigenvalue weighted by molar-refractivity contribution is -0.144. The fourth-order valence-electron chi connectivity index (χ4n) is 2.96. The second-order valence-corrected chi connectivity index (χ2v) is 6.81. The van der Waals surface area contributed by atoms with E-state index < -0.39 is 18.0 Å². The first kappa shape index (κ1) is 16.8. The fraction of sp³-hybridized carbons (Fsp3) is 0.933. The van der Waals surface area contributed by atoms with Crippen molar-refractivity contribution < 1.29 is 15.0 Å². The lowest BCUT2D eigenvalue weighted by Crippen LogP contribution is -2.31. The first-order chi connectivity index (χ1) is 8.91. The van der Waals surface area contributed by atoms with Crippen LogP contribution < -0.4 is 0 Å². The van der Waals surface area contributed by atoms with Crippen LogP contribution in [0.2, 0.25) is 0 Å². The minimum Gasteiger partial charge on any atom is -0.481 e. The van der Waals surface area contributed by atoms with Crippen molar-refractivity contribution in [2.45, 2.75) is 70.3 Å². The van der Waals surface area contributed by atoms with Crippen LogP contribution in [0.4, 0.5) is 0 Å². The van der Waals surface area contributed by atoms with E-state index in [1.165, 1.54) is 32.1 Å². The van der Waals surface area contributed by atoms with Gasteiger partial charge in [-0.2, -0.15) is 0 Å². The second kappa shape index (κ2) is 8.11. The molecule has 112 valence electrons. The molecule has 0 amide bonds. The molecule has 0 spiro atoms. The van der Waals surface area contributed by atoms with E-state index >= 15 is 0 Å². The van der Waals surface area contributed by atoms with E-state index in [4.69, 9.17) is 16.7 Å². The summed E-state index contributed by atoms with van der Waals surface area (Å²) in [6.45, 7) is 3.74. The normalized spacial score (nSPS) is 22.2. The third kappa shape index (κ3) is 5.70. The molecule has 1 fully saturated rings. The number of aliphatic carboxylic acids is 1. The van der Waals surface area contributed by atoms with Crippen LogP contribution in [0.25, 0.3) is 0 Å². The maximum Gasteiger partial charge on any atom is 0.306 e. The summed E-state index contributed by atoms with van der Waals surface area (Å²) in [5.41, 5.74) is 0. The average Bonchev–Trinajstić information content (AvgIpc) is 2.35. The molecule has 0 aliphatic heterocycles. The van der Waals surface area contributed by atoms with E-state index in [1.54, 1.807) is 0 Å². The van der Waals surface area contributed by atoms with Gasteiger partial charge in [-0.25, -0.2) is 0 Å². The molecular weight excluding hydrogens is 264 g/mol. The molecule has 1 rings (SSSR count). The number of carbonyl (C=O) groups is 1. The van der Waals surface area contributed by atoms with Crippen molar-refractivity contribution >= 4 is 17.6 Å². The number of carboxylic acid groups (broad SMARTS) is 1. The number of carboxylic acids is 1. The van der Waals surface area contributed by atoms with Gasteiger partial charge >= 0.3 is 5.97 Å². The standard InChI is InChI=1S/C15H27ClO3/c1-10(2)12(15(18)19)9-14(17)13(16)8-11-6-4-3-5-7-11/h10-14,17H,3-9H2,1-2H3,(H,18,19)/t12-,13+,14-/m0/s1. The molecule has 1 aliphatic carbocycles. The molecule has 4 heteroatoms. The van der Waals surface area contributed by atoms with Crippen molar-refractivity contribution in [3.63, 3.8) is 0 Å². The van der Waals surface area contributed by atoms with Crippen LogP contribution in [0.3, 0.4) is 0 Å². The Morgan fingerprint density at radius 3 is 2.32 bits per heavy atom. The summed E-state index contributed by atoms with van der Waals surface area (Å²) in [4.78, 5) is 11.1. The molecule has 19 heavy (non-hydrogen) atoms. The highest BCUT2D eigenvalue weighted by atomic mass is 35.5. The highest BCUT2D eigenvalue weighted by molar-refractivity contribution is 6.21. The molecule has 0 aromatic carbocycles. The van der Waals surface area contributed by atoms with E-state index in [0.29, 0.717) is 5.92 Å². The minimum atomic E-state index is -0.837. The minimum absolute atomic E-state index is 0.0192. The number of halogens is 1. The largest absolute Gasteiger partial charge is 0.481 e. The summed E-state index contributed by atoms with van der Waals surface area (Å²) in [5, 5.41) is 18.9. The first-order valence-corrected chi connectivity index (χ1v) is 7.90. The van der Waals surface area contributed by atoms with Crippen molar-refractivity contribution in [2.24, 2.45) is 17.8 Å². The molecule has 0 heterocycles. The highest BCUT2D eigenvalue weighted by Gasteiger charge is 2.29. The van der Waals surface area contributed by atoms with Gasteiger partial charge in [0, 0.05) is 0 Å². The Morgan fingerprint density at radius 2 is 1.84 bits per heavy atom. The Hall–Kier alpha value is -0.280. The van der Waals surface area contributed by atoms with E-state index in [-0.39, 0.29) is 17.7 Å². The lowest BCUT2D eigenvalue weighted by atomic mass is 9.83. The molecule has 0 saturated heterocycles. The van der Waals surface area contributed by atoms with Gasteiger partial charge in [0.2, 0.25) is 0 Å². The number of aliphatic hydroxyl groups excluding tert-OH is 1. The maximum absolute atomic E-state index is 11.1. The molecule has 1 saturated carbocycles. The summed E-state index contributed by atoms with van der Waals surface area (Å²) in [6, 6.07) is 0. The van der Waals surface area contributed by atoms with Crippen LogP contribution in [-0.2, 0) is 4.79 Å². The Morgan fingerprint density at radius 1 is 1.26 bits per heavy atom. The summed E-state index contributed by atoms with van der Waals surface area (Å²) in [7, 11) is 0. The van der Waals surface area contributed by atoms with Crippen molar-refractivity contribution in [1.29, 1.82) is 0 Å². The Labute approximate surface area is 121 Å². The quantitative estimate of drug-likeness (QED) is 0.703. The predicted molar refractivity (Wildman–Crippen MR) is 77.4 cm³/mol. The van der Waals surface area contributed by atoms with Crippen molar-refractivity contribution in [1.82, 2.24) is 0 Å². The van der Waals surface area contributed by atoms with Crippen LogP contribution in [0.5, 0.6) is 0 Å². The zero-order valence-corrected chi connectivity index (χ0v) is 12.8. The van der Waals surface area contributed by atoms with Gasteiger partial charge in [-0.15, -0.1) is 11.6 Å². The Balaban J connectivity index is 2.41. The van der Waals surface area contributed by atoms with E-state index in [9.17, 15) is 9.90 Å². The lowest BCUT2D eigenvalue weighted by Gasteiger charge is -2.27. The van der Waals surface area contributed by atoms with Gasteiger partial charge in [0.1, 0.15) is 0 Å². The summed E-state index contributed by atoms with van der Waals surface area (Å²) < 4.78 is 0. The van der Waals surface area contributed by atoms with E-state index in [1.807, 2.05) is 13.8 Å². The predicted octanol–water partition coefficient (Wildman–Crippen LogP) is 3.67.